The summed E-state index contributed by atoms with van der Waals surface area (Å²) in [5.74, 6) is -2.21. The van der Waals surface area contributed by atoms with Crippen molar-refractivity contribution < 1.29 is 35.9 Å². The molecule has 2 nitrogen and oxygen atoms in total. The second-order valence-corrected chi connectivity index (χ2v) is 3.33. The number of benzene rings is 1. The number of alkyl halides is 6. The highest BCUT2D eigenvalue weighted by Gasteiger charge is 2.39. The molecule has 104 valence electrons. The predicted molar refractivity (Wildman–Crippen MR) is 52.3 cm³/mol. The van der Waals surface area contributed by atoms with Crippen LogP contribution in [0.2, 0.25) is 0 Å². The number of ether oxygens (including phenoxy) is 1. The van der Waals surface area contributed by atoms with Gasteiger partial charge in [-0.1, -0.05) is 6.58 Å². The van der Waals surface area contributed by atoms with Crippen molar-refractivity contribution in [1.29, 1.82) is 0 Å². The van der Waals surface area contributed by atoms with Crippen LogP contribution in [0.4, 0.5) is 26.3 Å². The summed E-state index contributed by atoms with van der Waals surface area (Å²) in [6, 6.07) is 0.708. The van der Waals surface area contributed by atoms with E-state index < -0.39 is 35.2 Å². The molecular weight excluding hydrogens is 278 g/mol. The summed E-state index contributed by atoms with van der Waals surface area (Å²) < 4.78 is 79.0. The monoisotopic (exact) mass is 284 g/mol. The molecule has 1 rings (SSSR count). The van der Waals surface area contributed by atoms with E-state index in [-0.39, 0.29) is 6.07 Å². The molecule has 19 heavy (non-hydrogen) atoms. The molecule has 0 aliphatic carbocycles. The van der Waals surface area contributed by atoms with Gasteiger partial charge in [-0.3, -0.25) is 0 Å². The van der Waals surface area contributed by atoms with Crippen molar-refractivity contribution in [2.75, 3.05) is 0 Å². The van der Waals surface area contributed by atoms with Crippen LogP contribution in [-0.2, 0) is 17.1 Å². The van der Waals surface area contributed by atoms with Crippen molar-refractivity contribution in [1.82, 2.24) is 0 Å². The van der Waals surface area contributed by atoms with E-state index in [0.29, 0.717) is 18.2 Å². The lowest BCUT2D eigenvalue weighted by Crippen LogP contribution is -2.14. The first kappa shape index (κ1) is 15.1. The summed E-state index contributed by atoms with van der Waals surface area (Å²) in [5, 5.41) is 0. The first-order chi connectivity index (χ1) is 8.55. The summed E-state index contributed by atoms with van der Waals surface area (Å²) in [7, 11) is 0. The van der Waals surface area contributed by atoms with Crippen LogP contribution in [0.1, 0.15) is 11.1 Å². The second kappa shape index (κ2) is 4.94. The van der Waals surface area contributed by atoms with Crippen LogP contribution in [0.5, 0.6) is 5.75 Å². The molecule has 0 spiro atoms. The first-order valence-electron chi connectivity index (χ1n) is 4.68. The van der Waals surface area contributed by atoms with Crippen LogP contribution >= 0.6 is 0 Å². The largest absolute Gasteiger partial charge is 0.423 e. The zero-order chi connectivity index (χ0) is 14.8. The van der Waals surface area contributed by atoms with Crippen LogP contribution in [0.3, 0.4) is 0 Å². The summed E-state index contributed by atoms with van der Waals surface area (Å²) in [6.07, 6.45) is -9.42. The Morgan fingerprint density at radius 3 is 2.11 bits per heavy atom. The summed E-state index contributed by atoms with van der Waals surface area (Å²) in [5.41, 5.74) is -3.17. The molecule has 0 aliphatic heterocycles. The van der Waals surface area contributed by atoms with Gasteiger partial charge < -0.3 is 4.74 Å². The zero-order valence-corrected chi connectivity index (χ0v) is 9.10. The molecule has 0 atom stereocenters. The average Bonchev–Trinajstić information content (AvgIpc) is 2.26. The molecule has 8 heteroatoms. The van der Waals surface area contributed by atoms with Crippen LogP contribution < -0.4 is 4.74 Å². The first-order valence-corrected chi connectivity index (χ1v) is 4.68. The third-order valence-corrected chi connectivity index (χ3v) is 1.99. The van der Waals surface area contributed by atoms with E-state index in [1.807, 2.05) is 0 Å². The lowest BCUT2D eigenvalue weighted by Gasteiger charge is -2.14. The fraction of sp³-hybridized carbons (Fsp3) is 0.182. The Labute approximate surface area is 103 Å². The van der Waals surface area contributed by atoms with Crippen molar-refractivity contribution in [3.05, 3.63) is 42.0 Å². The number of hydrogen-bond donors (Lipinski definition) is 0. The number of carbonyl (C=O) groups excluding carboxylic acids is 1. The van der Waals surface area contributed by atoms with Gasteiger partial charge in [-0.25, -0.2) is 4.79 Å². The van der Waals surface area contributed by atoms with Gasteiger partial charge in [0.15, 0.2) is 0 Å². The van der Waals surface area contributed by atoms with Crippen molar-refractivity contribution >= 4 is 5.97 Å². The fourth-order valence-electron chi connectivity index (χ4n) is 1.17. The molecule has 0 fully saturated rings. The molecule has 0 bridgehead atoms. The smallest absolute Gasteiger partial charge is 0.420 e. The second-order valence-electron chi connectivity index (χ2n) is 3.33. The Hall–Kier alpha value is -1.99. The standard InChI is InChI=1S/C11H6F6O2/c1-2-9(18)19-8-4-3-6(10(12,13)14)5-7(8)11(15,16)17/h2-5H,1H2. The van der Waals surface area contributed by atoms with E-state index in [4.69, 9.17) is 0 Å². The molecule has 0 radical (unpaired) electrons. The lowest BCUT2D eigenvalue weighted by atomic mass is 10.1. The van der Waals surface area contributed by atoms with Crippen LogP contribution in [0.15, 0.2) is 30.9 Å². The van der Waals surface area contributed by atoms with E-state index in [9.17, 15) is 31.1 Å². The highest BCUT2D eigenvalue weighted by Crippen LogP contribution is 2.40. The Morgan fingerprint density at radius 1 is 1.11 bits per heavy atom. The molecule has 0 N–H and O–H groups in total. The van der Waals surface area contributed by atoms with E-state index in [2.05, 4.69) is 11.3 Å². The van der Waals surface area contributed by atoms with Gasteiger partial charge in [0.2, 0.25) is 0 Å². The van der Waals surface area contributed by atoms with Gasteiger partial charge in [-0.05, 0) is 18.2 Å². The molecule has 0 aliphatic rings. The number of rotatable bonds is 2. The molecule has 0 saturated heterocycles. The van der Waals surface area contributed by atoms with E-state index in [0.717, 1.165) is 0 Å². The highest BCUT2D eigenvalue weighted by atomic mass is 19.4. The Balaban J connectivity index is 3.33. The Kier molecular flexibility index (Phi) is 3.92. The molecular formula is C11H6F6O2. The number of hydrogen-bond acceptors (Lipinski definition) is 2. The maximum absolute atomic E-state index is 12.6. The number of carbonyl (C=O) groups is 1. The van der Waals surface area contributed by atoms with Crippen LogP contribution in [0.25, 0.3) is 0 Å². The van der Waals surface area contributed by atoms with Gasteiger partial charge in [0.25, 0.3) is 0 Å². The SMILES string of the molecule is C=CC(=O)Oc1ccc(C(F)(F)F)cc1C(F)(F)F. The summed E-state index contributed by atoms with van der Waals surface area (Å²) >= 11 is 0. The summed E-state index contributed by atoms with van der Waals surface area (Å²) in [6.45, 7) is 2.97. The summed E-state index contributed by atoms with van der Waals surface area (Å²) in [4.78, 5) is 10.8. The van der Waals surface area contributed by atoms with Crippen LogP contribution in [-0.4, -0.2) is 5.97 Å². The van der Waals surface area contributed by atoms with Gasteiger partial charge in [0, 0.05) is 6.08 Å². The van der Waals surface area contributed by atoms with Gasteiger partial charge in [0.05, 0.1) is 11.1 Å². The molecule has 1 aromatic carbocycles. The average molecular weight is 284 g/mol. The number of esters is 1. The molecule has 0 saturated carbocycles. The predicted octanol–water partition coefficient (Wildman–Crippen LogP) is 3.82. The normalized spacial score (nSPS) is 12.1. The van der Waals surface area contributed by atoms with Gasteiger partial charge >= 0.3 is 18.3 Å². The van der Waals surface area contributed by atoms with Gasteiger partial charge in [0.1, 0.15) is 5.75 Å². The fourth-order valence-corrected chi connectivity index (χ4v) is 1.17. The van der Waals surface area contributed by atoms with Crippen LogP contribution in [0, 0.1) is 0 Å². The molecule has 1 aromatic rings. The Bertz CT molecular complexity index is 501. The third kappa shape index (κ3) is 3.73. The van der Waals surface area contributed by atoms with E-state index >= 15 is 0 Å². The van der Waals surface area contributed by atoms with Crippen molar-refractivity contribution in [2.24, 2.45) is 0 Å². The third-order valence-electron chi connectivity index (χ3n) is 1.99. The Morgan fingerprint density at radius 2 is 1.68 bits per heavy atom. The van der Waals surface area contributed by atoms with E-state index in [1.165, 1.54) is 0 Å². The van der Waals surface area contributed by atoms with E-state index in [1.54, 1.807) is 0 Å². The molecule has 0 amide bonds. The van der Waals surface area contributed by atoms with Gasteiger partial charge in [-0.2, -0.15) is 26.3 Å². The van der Waals surface area contributed by atoms with Gasteiger partial charge in [-0.15, -0.1) is 0 Å². The minimum Gasteiger partial charge on any atom is -0.423 e. The molecule has 0 aromatic heterocycles. The lowest BCUT2D eigenvalue weighted by molar-refractivity contribution is -0.144. The van der Waals surface area contributed by atoms with Crippen molar-refractivity contribution in [2.45, 2.75) is 12.4 Å². The number of halogens is 6. The maximum Gasteiger partial charge on any atom is 0.420 e. The minimum absolute atomic E-state index is 0.119. The molecule has 0 unspecified atom stereocenters. The highest BCUT2D eigenvalue weighted by molar-refractivity contribution is 5.83. The topological polar surface area (TPSA) is 26.3 Å². The van der Waals surface area contributed by atoms with Crippen molar-refractivity contribution in [3.8, 4) is 5.75 Å². The minimum atomic E-state index is -5.09. The quantitative estimate of drug-likeness (QED) is 0.357. The zero-order valence-electron chi connectivity index (χ0n) is 9.10. The maximum atomic E-state index is 12.6. The molecule has 0 heterocycles. The van der Waals surface area contributed by atoms with Crippen molar-refractivity contribution in [3.63, 3.8) is 0 Å².